The van der Waals surface area contributed by atoms with Gasteiger partial charge in [0.1, 0.15) is 0 Å². The Kier molecular flexibility index (Phi) is 6.44. The van der Waals surface area contributed by atoms with Crippen LogP contribution < -0.4 is 0 Å². The molecule has 122 valence electrons. The zero-order chi connectivity index (χ0) is 15.9. The molecule has 0 amide bonds. The fraction of sp³-hybridized carbons (Fsp3) is 0.632. The van der Waals surface area contributed by atoms with Crippen LogP contribution in [0.2, 0.25) is 0 Å². The number of aryl methyl sites for hydroxylation is 2. The fourth-order valence-electron chi connectivity index (χ4n) is 3.56. The molecular weight excluding hydrogens is 274 g/mol. The first kappa shape index (κ1) is 17.0. The van der Waals surface area contributed by atoms with Gasteiger partial charge in [0.25, 0.3) is 0 Å². The van der Waals surface area contributed by atoms with Gasteiger partial charge in [-0.3, -0.25) is 4.79 Å². The van der Waals surface area contributed by atoms with E-state index < -0.39 is 5.97 Å². The van der Waals surface area contributed by atoms with Crippen LogP contribution in [-0.2, 0) is 24.1 Å². The van der Waals surface area contributed by atoms with Crippen LogP contribution in [0.4, 0.5) is 0 Å². The predicted octanol–water partition coefficient (Wildman–Crippen LogP) is 3.68. The van der Waals surface area contributed by atoms with E-state index in [9.17, 15) is 4.79 Å². The number of carboxylic acid groups (broad SMARTS) is 1. The first-order valence-electron chi connectivity index (χ1n) is 8.70. The lowest BCUT2D eigenvalue weighted by Crippen LogP contribution is -2.40. The zero-order valence-corrected chi connectivity index (χ0v) is 14.0. The minimum absolute atomic E-state index is 0.224. The van der Waals surface area contributed by atoms with Gasteiger partial charge in [0, 0.05) is 12.5 Å². The Morgan fingerprint density at radius 1 is 1.23 bits per heavy atom. The third-order valence-electron chi connectivity index (χ3n) is 4.64. The first-order chi connectivity index (χ1) is 10.6. The van der Waals surface area contributed by atoms with Gasteiger partial charge >= 0.3 is 5.97 Å². The van der Waals surface area contributed by atoms with Crippen LogP contribution >= 0.6 is 0 Å². The van der Waals surface area contributed by atoms with Gasteiger partial charge < -0.3 is 10.0 Å². The van der Waals surface area contributed by atoms with Crippen LogP contribution in [0.5, 0.6) is 0 Å². The number of benzene rings is 1. The van der Waals surface area contributed by atoms with E-state index in [4.69, 9.17) is 5.11 Å². The quantitative estimate of drug-likeness (QED) is 0.796. The number of carbonyl (C=O) groups is 1. The molecule has 0 heterocycles. The fourth-order valence-corrected chi connectivity index (χ4v) is 3.56. The van der Waals surface area contributed by atoms with Crippen molar-refractivity contribution in [1.82, 2.24) is 4.90 Å². The van der Waals surface area contributed by atoms with Gasteiger partial charge in [0.2, 0.25) is 0 Å². The lowest BCUT2D eigenvalue weighted by Gasteiger charge is -2.35. The molecule has 1 aromatic rings. The number of fused-ring (bicyclic) bond motifs is 1. The molecule has 0 aromatic heterocycles. The van der Waals surface area contributed by atoms with E-state index in [1.807, 2.05) is 0 Å². The van der Waals surface area contributed by atoms with E-state index in [1.54, 1.807) is 0 Å². The Morgan fingerprint density at radius 3 is 2.59 bits per heavy atom. The molecule has 1 aliphatic carbocycles. The molecule has 2 rings (SSSR count). The summed E-state index contributed by atoms with van der Waals surface area (Å²) < 4.78 is 0. The highest BCUT2D eigenvalue weighted by molar-refractivity contribution is 5.67. The van der Waals surface area contributed by atoms with Crippen LogP contribution in [0.1, 0.15) is 56.2 Å². The molecule has 0 bridgehead atoms. The van der Waals surface area contributed by atoms with Crippen molar-refractivity contribution in [1.29, 1.82) is 0 Å². The standard InChI is InChI=1S/C19H29NO2/c1-3-11-20(12-4-2)18-9-8-16-13-15(6-10-19(21)22)5-7-17(16)14-18/h5,7,13,18H,3-4,6,8-12,14H2,1-2H3,(H,21,22). The SMILES string of the molecule is CCCN(CCC)C1CCc2cc(CCC(=O)O)ccc2C1. The van der Waals surface area contributed by atoms with Crippen LogP contribution in [0.15, 0.2) is 18.2 Å². The third-order valence-corrected chi connectivity index (χ3v) is 4.64. The van der Waals surface area contributed by atoms with Crippen molar-refractivity contribution in [3.05, 3.63) is 34.9 Å². The van der Waals surface area contributed by atoms with Crippen LogP contribution in [-0.4, -0.2) is 35.1 Å². The number of aliphatic carboxylic acids is 1. The maximum Gasteiger partial charge on any atom is 0.303 e. The Labute approximate surface area is 134 Å². The average Bonchev–Trinajstić information content (AvgIpc) is 2.52. The molecule has 22 heavy (non-hydrogen) atoms. The topological polar surface area (TPSA) is 40.5 Å². The second-order valence-corrected chi connectivity index (χ2v) is 6.43. The maximum atomic E-state index is 10.7. The number of hydrogen-bond donors (Lipinski definition) is 1. The summed E-state index contributed by atoms with van der Waals surface area (Å²) in [5.74, 6) is -0.715. The highest BCUT2D eigenvalue weighted by Gasteiger charge is 2.23. The molecule has 0 saturated carbocycles. The Morgan fingerprint density at radius 2 is 1.95 bits per heavy atom. The molecule has 3 heteroatoms. The minimum atomic E-state index is -0.715. The summed E-state index contributed by atoms with van der Waals surface area (Å²) in [4.78, 5) is 13.4. The van der Waals surface area contributed by atoms with Gasteiger partial charge in [-0.15, -0.1) is 0 Å². The van der Waals surface area contributed by atoms with Gasteiger partial charge in [-0.1, -0.05) is 32.0 Å². The van der Waals surface area contributed by atoms with Gasteiger partial charge in [0.15, 0.2) is 0 Å². The summed E-state index contributed by atoms with van der Waals surface area (Å²) in [7, 11) is 0. The van der Waals surface area contributed by atoms with Crippen molar-refractivity contribution in [3.63, 3.8) is 0 Å². The molecule has 1 atom stereocenters. The zero-order valence-electron chi connectivity index (χ0n) is 14.0. The second-order valence-electron chi connectivity index (χ2n) is 6.43. The molecule has 1 aromatic carbocycles. The monoisotopic (exact) mass is 303 g/mol. The minimum Gasteiger partial charge on any atom is -0.481 e. The van der Waals surface area contributed by atoms with E-state index in [-0.39, 0.29) is 6.42 Å². The molecule has 1 unspecified atom stereocenters. The van der Waals surface area contributed by atoms with Crippen LogP contribution in [0.3, 0.4) is 0 Å². The van der Waals surface area contributed by atoms with E-state index >= 15 is 0 Å². The van der Waals surface area contributed by atoms with Crippen molar-refractivity contribution in [2.24, 2.45) is 0 Å². The lowest BCUT2D eigenvalue weighted by atomic mass is 9.86. The van der Waals surface area contributed by atoms with Crippen molar-refractivity contribution >= 4 is 5.97 Å². The Balaban J connectivity index is 2.02. The highest BCUT2D eigenvalue weighted by Crippen LogP contribution is 2.26. The molecule has 0 radical (unpaired) electrons. The molecule has 1 N–H and O–H groups in total. The van der Waals surface area contributed by atoms with Crippen LogP contribution in [0.25, 0.3) is 0 Å². The van der Waals surface area contributed by atoms with Gasteiger partial charge in [0.05, 0.1) is 0 Å². The van der Waals surface area contributed by atoms with Crippen molar-refractivity contribution in [2.75, 3.05) is 13.1 Å². The molecule has 0 spiro atoms. The predicted molar refractivity (Wildman–Crippen MR) is 90.4 cm³/mol. The van der Waals surface area contributed by atoms with Crippen LogP contribution in [0, 0.1) is 0 Å². The van der Waals surface area contributed by atoms with Crippen molar-refractivity contribution < 1.29 is 9.90 Å². The normalized spacial score (nSPS) is 17.5. The summed E-state index contributed by atoms with van der Waals surface area (Å²) in [5, 5.41) is 8.80. The molecule has 0 aliphatic heterocycles. The lowest BCUT2D eigenvalue weighted by molar-refractivity contribution is -0.136. The summed E-state index contributed by atoms with van der Waals surface area (Å²) in [6.07, 6.45) is 6.82. The largest absolute Gasteiger partial charge is 0.481 e. The van der Waals surface area contributed by atoms with E-state index in [0.717, 1.165) is 12.8 Å². The summed E-state index contributed by atoms with van der Waals surface area (Å²) in [5.41, 5.74) is 4.07. The number of carboxylic acids is 1. The average molecular weight is 303 g/mol. The third kappa shape index (κ3) is 4.57. The van der Waals surface area contributed by atoms with E-state index in [1.165, 1.54) is 49.0 Å². The van der Waals surface area contributed by atoms with E-state index in [2.05, 4.69) is 36.9 Å². The highest BCUT2D eigenvalue weighted by atomic mass is 16.4. The van der Waals surface area contributed by atoms with Gasteiger partial charge in [-0.25, -0.2) is 0 Å². The summed E-state index contributed by atoms with van der Waals surface area (Å²) >= 11 is 0. The second kappa shape index (κ2) is 8.33. The van der Waals surface area contributed by atoms with Gasteiger partial charge in [-0.2, -0.15) is 0 Å². The molecule has 0 fully saturated rings. The Hall–Kier alpha value is -1.35. The Bertz CT molecular complexity index is 492. The maximum absolute atomic E-state index is 10.7. The summed E-state index contributed by atoms with van der Waals surface area (Å²) in [6, 6.07) is 7.26. The molecule has 1 aliphatic rings. The number of hydrogen-bond acceptors (Lipinski definition) is 2. The van der Waals surface area contributed by atoms with Gasteiger partial charge in [-0.05, 0) is 68.3 Å². The smallest absolute Gasteiger partial charge is 0.303 e. The van der Waals surface area contributed by atoms with Crippen molar-refractivity contribution in [3.8, 4) is 0 Å². The molecular formula is C19H29NO2. The number of nitrogens with zero attached hydrogens (tertiary/aromatic N) is 1. The molecule has 0 saturated heterocycles. The number of rotatable bonds is 8. The first-order valence-corrected chi connectivity index (χ1v) is 8.70. The summed E-state index contributed by atoms with van der Waals surface area (Å²) in [6.45, 7) is 6.91. The molecule has 3 nitrogen and oxygen atoms in total. The van der Waals surface area contributed by atoms with E-state index in [0.29, 0.717) is 12.5 Å². The van der Waals surface area contributed by atoms with Crippen molar-refractivity contribution in [2.45, 2.75) is 64.8 Å².